The molecule has 1 N–H and O–H groups in total. The largest absolute Gasteiger partial charge is 0.493 e. The first-order chi connectivity index (χ1) is 10.9. The maximum absolute atomic E-state index is 12.3. The molecule has 0 saturated heterocycles. The van der Waals surface area contributed by atoms with Crippen LogP contribution in [-0.2, 0) is 11.2 Å². The number of amides is 1. The highest BCUT2D eigenvalue weighted by Gasteiger charge is 2.13. The van der Waals surface area contributed by atoms with Gasteiger partial charge in [-0.1, -0.05) is 33.6 Å². The molecule has 2 aromatic carbocycles. The minimum Gasteiger partial charge on any atom is -0.493 e. The number of halogens is 2. The van der Waals surface area contributed by atoms with E-state index in [9.17, 15) is 4.79 Å². The third-order valence-corrected chi connectivity index (χ3v) is 4.35. The average Bonchev–Trinajstić information content (AvgIpc) is 2.51. The molecule has 0 radical (unpaired) electrons. The molecule has 0 atom stereocenters. The Morgan fingerprint density at radius 1 is 1.17 bits per heavy atom. The number of rotatable bonds is 5. The molecule has 0 aliphatic carbocycles. The van der Waals surface area contributed by atoms with Crippen LogP contribution in [0.1, 0.15) is 11.1 Å². The molecule has 0 heterocycles. The molecule has 2 aromatic rings. The van der Waals surface area contributed by atoms with Gasteiger partial charge in [0.05, 0.1) is 31.4 Å². The van der Waals surface area contributed by atoms with Crippen LogP contribution in [0.4, 0.5) is 5.69 Å². The molecular formula is C17H17BrClNO3. The van der Waals surface area contributed by atoms with Gasteiger partial charge in [-0.15, -0.1) is 0 Å². The zero-order valence-corrected chi connectivity index (χ0v) is 15.4. The second-order valence-corrected chi connectivity index (χ2v) is 6.27. The number of aryl methyl sites for hydroxylation is 1. The Bertz CT molecular complexity index is 734. The Labute approximate surface area is 148 Å². The van der Waals surface area contributed by atoms with E-state index in [2.05, 4.69) is 21.2 Å². The van der Waals surface area contributed by atoms with E-state index >= 15 is 0 Å². The van der Waals surface area contributed by atoms with Gasteiger partial charge in [-0.3, -0.25) is 4.79 Å². The summed E-state index contributed by atoms with van der Waals surface area (Å²) in [4.78, 5) is 12.3. The first-order valence-corrected chi connectivity index (χ1v) is 8.08. The molecule has 0 spiro atoms. The topological polar surface area (TPSA) is 47.6 Å². The minimum atomic E-state index is -0.163. The molecule has 23 heavy (non-hydrogen) atoms. The van der Waals surface area contributed by atoms with Gasteiger partial charge in [0.2, 0.25) is 5.91 Å². The van der Waals surface area contributed by atoms with Gasteiger partial charge < -0.3 is 14.8 Å². The SMILES string of the molecule is COc1cc(Br)c(CC(=O)Nc2ccc(C)cc2Cl)cc1OC. The van der Waals surface area contributed by atoms with E-state index in [-0.39, 0.29) is 12.3 Å². The van der Waals surface area contributed by atoms with Crippen molar-refractivity contribution in [1.82, 2.24) is 0 Å². The van der Waals surface area contributed by atoms with Gasteiger partial charge >= 0.3 is 0 Å². The summed E-state index contributed by atoms with van der Waals surface area (Å²) in [5.41, 5.74) is 2.43. The van der Waals surface area contributed by atoms with E-state index in [0.717, 1.165) is 15.6 Å². The van der Waals surface area contributed by atoms with Gasteiger partial charge in [0.1, 0.15) is 0 Å². The van der Waals surface area contributed by atoms with Crippen LogP contribution in [0.15, 0.2) is 34.8 Å². The van der Waals surface area contributed by atoms with E-state index < -0.39 is 0 Å². The highest BCUT2D eigenvalue weighted by atomic mass is 79.9. The minimum absolute atomic E-state index is 0.163. The smallest absolute Gasteiger partial charge is 0.228 e. The Morgan fingerprint density at radius 2 is 1.83 bits per heavy atom. The van der Waals surface area contributed by atoms with Crippen molar-refractivity contribution in [3.05, 3.63) is 51.0 Å². The zero-order chi connectivity index (χ0) is 17.0. The van der Waals surface area contributed by atoms with Crippen molar-refractivity contribution >= 4 is 39.1 Å². The molecule has 6 heteroatoms. The molecule has 0 fully saturated rings. The van der Waals surface area contributed by atoms with Gasteiger partial charge in [-0.25, -0.2) is 0 Å². The van der Waals surface area contributed by atoms with Crippen LogP contribution >= 0.6 is 27.5 Å². The number of carbonyl (C=O) groups excluding carboxylic acids is 1. The maximum atomic E-state index is 12.3. The maximum Gasteiger partial charge on any atom is 0.228 e. The van der Waals surface area contributed by atoms with Crippen LogP contribution < -0.4 is 14.8 Å². The highest BCUT2D eigenvalue weighted by molar-refractivity contribution is 9.10. The summed E-state index contributed by atoms with van der Waals surface area (Å²) < 4.78 is 11.3. The van der Waals surface area contributed by atoms with Crippen LogP contribution in [0.2, 0.25) is 5.02 Å². The average molecular weight is 399 g/mol. The predicted molar refractivity (Wildman–Crippen MR) is 95.8 cm³/mol. The van der Waals surface area contributed by atoms with E-state index in [0.29, 0.717) is 22.2 Å². The lowest BCUT2D eigenvalue weighted by Crippen LogP contribution is -2.15. The summed E-state index contributed by atoms with van der Waals surface area (Å²) in [6.07, 6.45) is 0.186. The lowest BCUT2D eigenvalue weighted by atomic mass is 10.1. The Hall–Kier alpha value is -1.72. The second-order valence-electron chi connectivity index (χ2n) is 5.01. The Balaban J connectivity index is 2.17. The van der Waals surface area contributed by atoms with Crippen LogP contribution in [0.5, 0.6) is 11.5 Å². The second kappa shape index (κ2) is 7.70. The summed E-state index contributed by atoms with van der Waals surface area (Å²) in [7, 11) is 3.12. The summed E-state index contributed by atoms with van der Waals surface area (Å²) in [5.74, 6) is 1.01. The molecule has 0 aromatic heterocycles. The van der Waals surface area contributed by atoms with E-state index in [1.807, 2.05) is 19.1 Å². The normalized spacial score (nSPS) is 10.3. The fourth-order valence-corrected chi connectivity index (χ4v) is 2.87. The van der Waals surface area contributed by atoms with Gasteiger partial charge in [-0.05, 0) is 42.3 Å². The lowest BCUT2D eigenvalue weighted by molar-refractivity contribution is -0.115. The molecule has 0 saturated carbocycles. The fraction of sp³-hybridized carbons (Fsp3) is 0.235. The number of hydrogen-bond donors (Lipinski definition) is 1. The quantitative estimate of drug-likeness (QED) is 0.800. The number of anilines is 1. The predicted octanol–water partition coefficient (Wildman–Crippen LogP) is 4.61. The molecule has 0 unspecified atom stereocenters. The Kier molecular flexibility index (Phi) is 5.91. The molecule has 4 nitrogen and oxygen atoms in total. The van der Waals surface area contributed by atoms with Gasteiger partial charge in [0.25, 0.3) is 0 Å². The van der Waals surface area contributed by atoms with Gasteiger partial charge in [0, 0.05) is 4.47 Å². The lowest BCUT2D eigenvalue weighted by Gasteiger charge is -2.12. The third kappa shape index (κ3) is 4.39. The van der Waals surface area contributed by atoms with Gasteiger partial charge in [0.15, 0.2) is 11.5 Å². The molecule has 0 bridgehead atoms. The molecule has 1 amide bonds. The number of hydrogen-bond acceptors (Lipinski definition) is 3. The van der Waals surface area contributed by atoms with Crippen molar-refractivity contribution in [1.29, 1.82) is 0 Å². The molecule has 0 aliphatic rings. The van der Waals surface area contributed by atoms with E-state index in [1.165, 1.54) is 0 Å². The molecular weight excluding hydrogens is 382 g/mol. The zero-order valence-electron chi connectivity index (χ0n) is 13.1. The third-order valence-electron chi connectivity index (χ3n) is 3.30. The van der Waals surface area contributed by atoms with Crippen LogP contribution in [0, 0.1) is 6.92 Å². The van der Waals surface area contributed by atoms with Crippen molar-refractivity contribution in [3.63, 3.8) is 0 Å². The van der Waals surface area contributed by atoms with Crippen molar-refractivity contribution < 1.29 is 14.3 Å². The summed E-state index contributed by atoms with van der Waals surface area (Å²) in [6.45, 7) is 1.94. The summed E-state index contributed by atoms with van der Waals surface area (Å²) in [6, 6.07) is 9.05. The summed E-state index contributed by atoms with van der Waals surface area (Å²) >= 11 is 9.58. The first kappa shape index (κ1) is 17.6. The monoisotopic (exact) mass is 397 g/mol. The highest BCUT2D eigenvalue weighted by Crippen LogP contribution is 2.33. The van der Waals surface area contributed by atoms with Crippen molar-refractivity contribution in [2.24, 2.45) is 0 Å². The number of methoxy groups -OCH3 is 2. The number of ether oxygens (including phenoxy) is 2. The molecule has 122 valence electrons. The fourth-order valence-electron chi connectivity index (χ4n) is 2.12. The van der Waals surface area contributed by atoms with Crippen LogP contribution in [0.3, 0.4) is 0 Å². The summed E-state index contributed by atoms with van der Waals surface area (Å²) in [5, 5.41) is 3.33. The van der Waals surface area contributed by atoms with Crippen LogP contribution in [0.25, 0.3) is 0 Å². The molecule has 2 rings (SSSR count). The Morgan fingerprint density at radius 3 is 2.43 bits per heavy atom. The van der Waals surface area contributed by atoms with Gasteiger partial charge in [-0.2, -0.15) is 0 Å². The first-order valence-electron chi connectivity index (χ1n) is 6.91. The number of benzene rings is 2. The van der Waals surface area contributed by atoms with Crippen molar-refractivity contribution in [2.75, 3.05) is 19.5 Å². The number of carbonyl (C=O) groups is 1. The van der Waals surface area contributed by atoms with E-state index in [1.54, 1.807) is 32.4 Å². The van der Waals surface area contributed by atoms with E-state index in [4.69, 9.17) is 21.1 Å². The standard InChI is InChI=1S/C17H17BrClNO3/c1-10-4-5-14(13(19)6-10)20-17(21)8-11-7-15(22-2)16(23-3)9-12(11)18/h4-7,9H,8H2,1-3H3,(H,20,21). The molecule has 0 aliphatic heterocycles. The van der Waals surface area contributed by atoms with Crippen molar-refractivity contribution in [3.8, 4) is 11.5 Å². The van der Waals surface area contributed by atoms with Crippen LogP contribution in [-0.4, -0.2) is 20.1 Å². The number of nitrogens with one attached hydrogen (secondary N) is 1. The van der Waals surface area contributed by atoms with Crippen molar-refractivity contribution in [2.45, 2.75) is 13.3 Å².